The SMILES string of the molecule is BC1=CC2=C(NC1)c1ncccc1C2(C)C. The van der Waals surface area contributed by atoms with E-state index in [1.807, 2.05) is 12.3 Å². The first-order chi connectivity index (χ1) is 7.60. The molecule has 2 nitrogen and oxygen atoms in total. The van der Waals surface area contributed by atoms with Crippen molar-refractivity contribution in [1.29, 1.82) is 0 Å². The Morgan fingerprint density at radius 2 is 2.25 bits per heavy atom. The molecule has 16 heavy (non-hydrogen) atoms. The second kappa shape index (κ2) is 3.00. The zero-order chi connectivity index (χ0) is 11.3. The van der Waals surface area contributed by atoms with Gasteiger partial charge in [-0.05, 0) is 17.2 Å². The summed E-state index contributed by atoms with van der Waals surface area (Å²) >= 11 is 0. The summed E-state index contributed by atoms with van der Waals surface area (Å²) in [5, 5.41) is 3.49. The number of hydrogen-bond acceptors (Lipinski definition) is 2. The van der Waals surface area contributed by atoms with E-state index in [9.17, 15) is 0 Å². The van der Waals surface area contributed by atoms with Crippen molar-refractivity contribution in [2.45, 2.75) is 19.3 Å². The Kier molecular flexibility index (Phi) is 1.82. The number of nitrogens with one attached hydrogen (secondary N) is 1. The minimum atomic E-state index is 0.0770. The van der Waals surface area contributed by atoms with Crippen LogP contribution in [0, 0.1) is 0 Å². The van der Waals surface area contributed by atoms with Crippen LogP contribution in [0.3, 0.4) is 0 Å². The summed E-state index contributed by atoms with van der Waals surface area (Å²) in [6, 6.07) is 4.21. The zero-order valence-electron chi connectivity index (χ0n) is 9.96. The highest BCUT2D eigenvalue weighted by Gasteiger charge is 2.38. The normalized spacial score (nSPS) is 21.0. The number of nitrogens with zero attached hydrogens (tertiary/aromatic N) is 1. The zero-order valence-corrected chi connectivity index (χ0v) is 9.96. The van der Waals surface area contributed by atoms with Crippen molar-refractivity contribution in [1.82, 2.24) is 10.3 Å². The second-order valence-corrected chi connectivity index (χ2v) is 5.16. The largest absolute Gasteiger partial charge is 0.380 e. The minimum Gasteiger partial charge on any atom is -0.380 e. The van der Waals surface area contributed by atoms with Crippen molar-refractivity contribution < 1.29 is 0 Å². The van der Waals surface area contributed by atoms with Crippen molar-refractivity contribution in [3.05, 3.63) is 46.7 Å². The molecule has 0 fully saturated rings. The van der Waals surface area contributed by atoms with Crippen LogP contribution in [0.4, 0.5) is 0 Å². The van der Waals surface area contributed by atoms with Crippen molar-refractivity contribution in [2.75, 3.05) is 6.54 Å². The molecule has 3 rings (SSSR count). The van der Waals surface area contributed by atoms with Crippen LogP contribution in [-0.2, 0) is 5.41 Å². The maximum atomic E-state index is 4.51. The van der Waals surface area contributed by atoms with Gasteiger partial charge in [0.1, 0.15) is 7.85 Å². The van der Waals surface area contributed by atoms with Gasteiger partial charge in [0.2, 0.25) is 0 Å². The second-order valence-electron chi connectivity index (χ2n) is 5.16. The Morgan fingerprint density at radius 1 is 1.44 bits per heavy atom. The first-order valence-electron chi connectivity index (χ1n) is 5.72. The molecule has 2 aliphatic rings. The van der Waals surface area contributed by atoms with Gasteiger partial charge in [-0.25, -0.2) is 0 Å². The van der Waals surface area contributed by atoms with E-state index in [0.717, 1.165) is 12.2 Å². The van der Waals surface area contributed by atoms with Crippen molar-refractivity contribution in [3.63, 3.8) is 0 Å². The van der Waals surface area contributed by atoms with Gasteiger partial charge in [-0.3, -0.25) is 4.98 Å². The molecular weight excluding hydrogens is 195 g/mol. The highest BCUT2D eigenvalue weighted by Crippen LogP contribution is 2.45. The van der Waals surface area contributed by atoms with E-state index in [0.29, 0.717) is 0 Å². The van der Waals surface area contributed by atoms with Crippen LogP contribution in [0.15, 0.2) is 35.5 Å². The van der Waals surface area contributed by atoms with Gasteiger partial charge in [0.05, 0.1) is 11.4 Å². The van der Waals surface area contributed by atoms with E-state index in [-0.39, 0.29) is 5.41 Å². The van der Waals surface area contributed by atoms with Gasteiger partial charge in [-0.1, -0.05) is 31.5 Å². The van der Waals surface area contributed by atoms with Crippen molar-refractivity contribution in [3.8, 4) is 0 Å². The monoisotopic (exact) mass is 210 g/mol. The summed E-state index contributed by atoms with van der Waals surface area (Å²) in [5.74, 6) is 0. The summed E-state index contributed by atoms with van der Waals surface area (Å²) in [6.07, 6.45) is 4.19. The van der Waals surface area contributed by atoms with Gasteiger partial charge in [0.15, 0.2) is 0 Å². The molecule has 0 unspecified atom stereocenters. The van der Waals surface area contributed by atoms with Crippen LogP contribution >= 0.6 is 0 Å². The summed E-state index contributed by atoms with van der Waals surface area (Å²) < 4.78 is 0. The third-order valence-corrected chi connectivity index (χ3v) is 3.60. The van der Waals surface area contributed by atoms with E-state index in [2.05, 4.69) is 44.1 Å². The molecule has 80 valence electrons. The molecule has 1 aliphatic heterocycles. The van der Waals surface area contributed by atoms with E-state index in [4.69, 9.17) is 0 Å². The van der Waals surface area contributed by atoms with Crippen LogP contribution in [0.5, 0.6) is 0 Å². The van der Waals surface area contributed by atoms with Gasteiger partial charge in [0.25, 0.3) is 0 Å². The number of allylic oxidation sites excluding steroid dienone is 2. The fraction of sp³-hybridized carbons (Fsp3) is 0.308. The van der Waals surface area contributed by atoms with Gasteiger partial charge < -0.3 is 5.32 Å². The molecule has 0 saturated carbocycles. The molecular formula is C13H15BN2. The van der Waals surface area contributed by atoms with Crippen LogP contribution in [0.25, 0.3) is 5.70 Å². The lowest BCUT2D eigenvalue weighted by Gasteiger charge is -2.24. The fourth-order valence-corrected chi connectivity index (χ4v) is 2.65. The minimum absolute atomic E-state index is 0.0770. The van der Waals surface area contributed by atoms with E-state index in [1.165, 1.54) is 22.3 Å². The number of aromatic nitrogens is 1. The number of rotatable bonds is 0. The number of dihydropyridines is 1. The number of fused-ring (bicyclic) bond motifs is 2. The molecule has 0 spiro atoms. The molecule has 2 heterocycles. The van der Waals surface area contributed by atoms with E-state index in [1.54, 1.807) is 0 Å². The van der Waals surface area contributed by atoms with Crippen LogP contribution < -0.4 is 5.32 Å². The fourth-order valence-electron chi connectivity index (χ4n) is 2.65. The summed E-state index contributed by atoms with van der Waals surface area (Å²) in [5.41, 5.74) is 6.54. The highest BCUT2D eigenvalue weighted by molar-refractivity contribution is 6.22. The molecule has 3 heteroatoms. The molecule has 0 amide bonds. The molecule has 0 radical (unpaired) electrons. The average Bonchev–Trinajstić information content (AvgIpc) is 2.49. The van der Waals surface area contributed by atoms with E-state index >= 15 is 0 Å². The Labute approximate surface area is 96.9 Å². The lowest BCUT2D eigenvalue weighted by Crippen LogP contribution is -2.23. The lowest BCUT2D eigenvalue weighted by molar-refractivity contribution is 0.648. The predicted molar refractivity (Wildman–Crippen MR) is 68.8 cm³/mol. The first kappa shape index (κ1) is 9.70. The molecule has 0 aromatic carbocycles. The highest BCUT2D eigenvalue weighted by atomic mass is 14.9. The lowest BCUT2D eigenvalue weighted by atomic mass is 9.78. The standard InChI is InChI=1S/C13H15BN2/c1-13(2)9-4-3-5-15-11(9)12-10(13)6-8(14)7-16-12/h3-6,16H,7,14H2,1-2H3. The Bertz CT molecular complexity index is 526. The van der Waals surface area contributed by atoms with Crippen LogP contribution in [0.2, 0.25) is 0 Å². The third kappa shape index (κ3) is 1.11. The maximum absolute atomic E-state index is 4.51. The number of pyridine rings is 1. The molecule has 1 N–H and O–H groups in total. The topological polar surface area (TPSA) is 24.9 Å². The van der Waals surface area contributed by atoms with Gasteiger partial charge in [-0.2, -0.15) is 0 Å². The van der Waals surface area contributed by atoms with Gasteiger partial charge >= 0.3 is 0 Å². The van der Waals surface area contributed by atoms with Gasteiger partial charge in [0, 0.05) is 18.2 Å². The predicted octanol–water partition coefficient (Wildman–Crippen LogP) is 1.20. The maximum Gasteiger partial charge on any atom is 0.136 e. The Balaban J connectivity index is 2.27. The van der Waals surface area contributed by atoms with Crippen molar-refractivity contribution in [2.24, 2.45) is 0 Å². The van der Waals surface area contributed by atoms with Gasteiger partial charge in [-0.15, -0.1) is 0 Å². The molecule has 1 aromatic heterocycles. The van der Waals surface area contributed by atoms with E-state index < -0.39 is 0 Å². The number of hydrogen-bond donors (Lipinski definition) is 1. The Morgan fingerprint density at radius 3 is 3.06 bits per heavy atom. The summed E-state index contributed by atoms with van der Waals surface area (Å²) in [6.45, 7) is 5.48. The molecule has 0 bridgehead atoms. The summed E-state index contributed by atoms with van der Waals surface area (Å²) in [4.78, 5) is 4.51. The first-order valence-corrected chi connectivity index (χ1v) is 5.72. The summed E-state index contributed by atoms with van der Waals surface area (Å²) in [7, 11) is 2.17. The van der Waals surface area contributed by atoms with Crippen molar-refractivity contribution >= 4 is 13.5 Å². The average molecular weight is 210 g/mol. The smallest absolute Gasteiger partial charge is 0.136 e. The Hall–Kier alpha value is -1.51. The third-order valence-electron chi connectivity index (χ3n) is 3.60. The molecule has 0 atom stereocenters. The molecule has 1 aliphatic carbocycles. The van der Waals surface area contributed by atoms with Crippen LogP contribution in [0.1, 0.15) is 25.1 Å². The quantitative estimate of drug-likeness (QED) is 0.651. The van der Waals surface area contributed by atoms with Crippen LogP contribution in [-0.4, -0.2) is 19.4 Å². The molecule has 0 saturated heterocycles. The molecule has 1 aromatic rings.